The molecule has 2 atom stereocenters. The van der Waals surface area contributed by atoms with Crippen LogP contribution in [0.1, 0.15) is 41.6 Å². The average Bonchev–Trinajstić information content (AvgIpc) is 2.45. The smallest absolute Gasteiger partial charge is 0.254 e. The normalized spacial score (nSPS) is 22.6. The van der Waals surface area contributed by atoms with Crippen LogP contribution in [0.2, 0.25) is 0 Å². The maximum atomic E-state index is 13.7. The standard InChI is InChI=1S/C16H21BrFNO/c1-11-6-7-14(15(18)8-11)16(20)19-10-13-5-3-2-4-12(13)9-17/h6-8,12-13H,2-5,9-10H2,1H3,(H,19,20). The lowest BCUT2D eigenvalue weighted by atomic mass is 9.80. The minimum atomic E-state index is -0.441. The maximum Gasteiger partial charge on any atom is 0.254 e. The van der Waals surface area contributed by atoms with Crippen LogP contribution in [0, 0.1) is 24.6 Å². The molecule has 4 heteroatoms. The molecule has 0 heterocycles. The third-order valence-corrected chi connectivity index (χ3v) is 4.99. The van der Waals surface area contributed by atoms with Crippen LogP contribution in [0.4, 0.5) is 4.39 Å². The fourth-order valence-electron chi connectivity index (χ4n) is 2.88. The lowest BCUT2D eigenvalue weighted by Crippen LogP contribution is -2.35. The number of alkyl halides is 1. The summed E-state index contributed by atoms with van der Waals surface area (Å²) in [6.45, 7) is 2.45. The Morgan fingerprint density at radius 1 is 1.35 bits per heavy atom. The Hall–Kier alpha value is -0.900. The molecule has 2 unspecified atom stereocenters. The first-order valence-corrected chi connectivity index (χ1v) is 8.34. The second-order valence-electron chi connectivity index (χ2n) is 5.65. The van der Waals surface area contributed by atoms with E-state index in [1.165, 1.54) is 25.3 Å². The predicted octanol–water partition coefficient (Wildman–Crippen LogP) is 4.07. The van der Waals surface area contributed by atoms with Crippen LogP contribution in [0.15, 0.2) is 18.2 Å². The number of carbonyl (C=O) groups excluding carboxylic acids is 1. The highest BCUT2D eigenvalue weighted by Gasteiger charge is 2.24. The summed E-state index contributed by atoms with van der Waals surface area (Å²) >= 11 is 3.55. The van der Waals surface area contributed by atoms with Crippen molar-refractivity contribution < 1.29 is 9.18 Å². The van der Waals surface area contributed by atoms with Gasteiger partial charge in [0.25, 0.3) is 5.91 Å². The molecule has 1 aromatic rings. The predicted molar refractivity (Wildman–Crippen MR) is 82.7 cm³/mol. The SMILES string of the molecule is Cc1ccc(C(=O)NCC2CCCCC2CBr)c(F)c1. The molecule has 0 aromatic heterocycles. The summed E-state index contributed by atoms with van der Waals surface area (Å²) in [5.74, 6) is 0.372. The van der Waals surface area contributed by atoms with Crippen LogP contribution in [-0.2, 0) is 0 Å². The molecule has 1 aliphatic rings. The Morgan fingerprint density at radius 2 is 2.05 bits per heavy atom. The first-order valence-electron chi connectivity index (χ1n) is 7.22. The highest BCUT2D eigenvalue weighted by molar-refractivity contribution is 9.09. The van der Waals surface area contributed by atoms with E-state index in [1.54, 1.807) is 12.1 Å². The Bertz CT molecular complexity index is 478. The Kier molecular flexibility index (Phi) is 5.58. The van der Waals surface area contributed by atoms with Crippen LogP contribution >= 0.6 is 15.9 Å². The van der Waals surface area contributed by atoms with Crippen molar-refractivity contribution in [1.82, 2.24) is 5.32 Å². The molecule has 2 nitrogen and oxygen atoms in total. The van der Waals surface area contributed by atoms with Crippen LogP contribution in [0.3, 0.4) is 0 Å². The lowest BCUT2D eigenvalue weighted by Gasteiger charge is -2.30. The topological polar surface area (TPSA) is 29.1 Å². The maximum absolute atomic E-state index is 13.7. The molecule has 0 radical (unpaired) electrons. The summed E-state index contributed by atoms with van der Waals surface area (Å²) < 4.78 is 13.7. The molecule has 0 aliphatic heterocycles. The summed E-state index contributed by atoms with van der Waals surface area (Å²) in [6, 6.07) is 4.72. The number of hydrogen-bond donors (Lipinski definition) is 1. The van der Waals surface area contributed by atoms with Gasteiger partial charge in [-0.25, -0.2) is 4.39 Å². The average molecular weight is 342 g/mol. The van der Waals surface area contributed by atoms with Crippen molar-refractivity contribution in [2.24, 2.45) is 11.8 Å². The van der Waals surface area contributed by atoms with E-state index in [1.807, 2.05) is 6.92 Å². The Balaban J connectivity index is 1.94. The molecule has 0 bridgehead atoms. The molecule has 1 saturated carbocycles. The van der Waals surface area contributed by atoms with E-state index in [2.05, 4.69) is 21.2 Å². The van der Waals surface area contributed by atoms with E-state index in [9.17, 15) is 9.18 Å². The van der Waals surface area contributed by atoms with E-state index >= 15 is 0 Å². The molecule has 2 rings (SSSR count). The number of hydrogen-bond acceptors (Lipinski definition) is 1. The Morgan fingerprint density at radius 3 is 2.70 bits per heavy atom. The van der Waals surface area contributed by atoms with Gasteiger partial charge in [-0.1, -0.05) is 34.8 Å². The summed E-state index contributed by atoms with van der Waals surface area (Å²) in [4.78, 5) is 12.1. The highest BCUT2D eigenvalue weighted by atomic mass is 79.9. The van der Waals surface area contributed by atoms with Gasteiger partial charge in [0.2, 0.25) is 0 Å². The summed E-state index contributed by atoms with van der Waals surface area (Å²) in [7, 11) is 0. The van der Waals surface area contributed by atoms with E-state index in [0.717, 1.165) is 17.3 Å². The van der Waals surface area contributed by atoms with Gasteiger partial charge >= 0.3 is 0 Å². The van der Waals surface area contributed by atoms with E-state index in [4.69, 9.17) is 0 Å². The second-order valence-corrected chi connectivity index (χ2v) is 6.30. The molecule has 1 aliphatic carbocycles. The molecule has 0 saturated heterocycles. The van der Waals surface area contributed by atoms with E-state index < -0.39 is 5.82 Å². The monoisotopic (exact) mass is 341 g/mol. The van der Waals surface area contributed by atoms with Crippen LogP contribution in [-0.4, -0.2) is 17.8 Å². The van der Waals surface area contributed by atoms with Crippen molar-refractivity contribution >= 4 is 21.8 Å². The van der Waals surface area contributed by atoms with Crippen molar-refractivity contribution in [2.75, 3.05) is 11.9 Å². The van der Waals surface area contributed by atoms with Gasteiger partial charge in [0.05, 0.1) is 5.56 Å². The zero-order valence-corrected chi connectivity index (χ0v) is 13.4. The van der Waals surface area contributed by atoms with Crippen molar-refractivity contribution in [2.45, 2.75) is 32.6 Å². The fraction of sp³-hybridized carbons (Fsp3) is 0.562. The first kappa shape index (κ1) is 15.5. The van der Waals surface area contributed by atoms with Crippen molar-refractivity contribution in [3.05, 3.63) is 35.1 Å². The zero-order valence-electron chi connectivity index (χ0n) is 11.8. The third-order valence-electron chi connectivity index (χ3n) is 4.16. The number of rotatable bonds is 4. The first-order chi connectivity index (χ1) is 9.61. The molecule has 0 spiro atoms. The van der Waals surface area contributed by atoms with Crippen molar-refractivity contribution in [1.29, 1.82) is 0 Å². The number of benzene rings is 1. The van der Waals surface area contributed by atoms with Gasteiger partial charge in [-0.15, -0.1) is 0 Å². The van der Waals surface area contributed by atoms with Gasteiger partial charge in [-0.3, -0.25) is 4.79 Å². The summed E-state index contributed by atoms with van der Waals surface area (Å²) in [5.41, 5.74) is 0.965. The lowest BCUT2D eigenvalue weighted by molar-refractivity contribution is 0.0933. The van der Waals surface area contributed by atoms with E-state index in [0.29, 0.717) is 18.4 Å². The van der Waals surface area contributed by atoms with Crippen molar-refractivity contribution in [3.8, 4) is 0 Å². The summed E-state index contributed by atoms with van der Waals surface area (Å²) in [6.07, 6.45) is 4.85. The number of halogens is 2. The van der Waals surface area contributed by atoms with Crippen LogP contribution in [0.5, 0.6) is 0 Å². The van der Waals surface area contributed by atoms with Gasteiger partial charge in [0.15, 0.2) is 0 Å². The molecule has 1 N–H and O–H groups in total. The molecule has 1 aromatic carbocycles. The number of nitrogens with one attached hydrogen (secondary N) is 1. The number of aryl methyl sites for hydroxylation is 1. The van der Waals surface area contributed by atoms with Gasteiger partial charge in [0, 0.05) is 11.9 Å². The zero-order chi connectivity index (χ0) is 14.5. The Labute approximate surface area is 128 Å². The largest absolute Gasteiger partial charge is 0.352 e. The molecule has 1 amide bonds. The fourth-order valence-corrected chi connectivity index (χ4v) is 3.73. The van der Waals surface area contributed by atoms with Crippen LogP contribution < -0.4 is 5.32 Å². The quantitative estimate of drug-likeness (QED) is 0.822. The van der Waals surface area contributed by atoms with Gasteiger partial charge in [-0.2, -0.15) is 0 Å². The number of carbonyl (C=O) groups is 1. The van der Waals surface area contributed by atoms with Gasteiger partial charge in [0.1, 0.15) is 5.82 Å². The molecular formula is C16H21BrFNO. The molecule has 20 heavy (non-hydrogen) atoms. The summed E-state index contributed by atoms with van der Waals surface area (Å²) in [5, 5.41) is 3.87. The number of amides is 1. The van der Waals surface area contributed by atoms with Crippen molar-refractivity contribution in [3.63, 3.8) is 0 Å². The third kappa shape index (κ3) is 3.81. The minimum absolute atomic E-state index is 0.141. The second kappa shape index (κ2) is 7.21. The van der Waals surface area contributed by atoms with E-state index in [-0.39, 0.29) is 11.5 Å². The highest BCUT2D eigenvalue weighted by Crippen LogP contribution is 2.30. The minimum Gasteiger partial charge on any atom is -0.352 e. The van der Waals surface area contributed by atoms with Gasteiger partial charge in [-0.05, 0) is 49.3 Å². The molecule has 1 fully saturated rings. The molecular weight excluding hydrogens is 321 g/mol. The van der Waals surface area contributed by atoms with Gasteiger partial charge < -0.3 is 5.32 Å². The molecule has 110 valence electrons. The van der Waals surface area contributed by atoms with Crippen LogP contribution in [0.25, 0.3) is 0 Å².